The van der Waals surface area contributed by atoms with E-state index in [0.29, 0.717) is 19.0 Å². The molecule has 1 aliphatic carbocycles. The first-order chi connectivity index (χ1) is 8.51. The normalized spacial score (nSPS) is 21.6. The van der Waals surface area contributed by atoms with Crippen molar-refractivity contribution in [3.8, 4) is 0 Å². The second-order valence-corrected chi connectivity index (χ2v) is 5.27. The number of benzene rings is 1. The van der Waals surface area contributed by atoms with E-state index in [2.05, 4.69) is 0 Å². The summed E-state index contributed by atoms with van der Waals surface area (Å²) in [6, 6.07) is 3.42. The van der Waals surface area contributed by atoms with Crippen LogP contribution < -0.4 is 5.73 Å². The first kappa shape index (κ1) is 11.6. The molecule has 3 rings (SSSR count). The molecule has 5 heteroatoms. The van der Waals surface area contributed by atoms with Crippen molar-refractivity contribution >= 4 is 5.91 Å². The summed E-state index contributed by atoms with van der Waals surface area (Å²) in [5, 5.41) is 0. The van der Waals surface area contributed by atoms with Crippen LogP contribution in [0.3, 0.4) is 0 Å². The van der Waals surface area contributed by atoms with Gasteiger partial charge in [-0.2, -0.15) is 0 Å². The molecule has 96 valence electrons. The van der Waals surface area contributed by atoms with Gasteiger partial charge >= 0.3 is 0 Å². The van der Waals surface area contributed by atoms with Crippen molar-refractivity contribution in [2.75, 3.05) is 13.1 Å². The summed E-state index contributed by atoms with van der Waals surface area (Å²) in [5.41, 5.74) is 5.30. The molecular formula is C13H14F2N2O. The SMILES string of the molecule is NC1(C2CC2)CN(C(=O)c2c(F)cccc2F)C1. The molecule has 1 amide bonds. The van der Waals surface area contributed by atoms with Gasteiger partial charge < -0.3 is 10.6 Å². The zero-order chi connectivity index (χ0) is 12.9. The maximum atomic E-state index is 13.5. The maximum absolute atomic E-state index is 13.5. The zero-order valence-electron chi connectivity index (χ0n) is 9.83. The number of nitrogens with two attached hydrogens (primary N) is 1. The van der Waals surface area contributed by atoms with Gasteiger partial charge in [-0.25, -0.2) is 8.78 Å². The summed E-state index contributed by atoms with van der Waals surface area (Å²) in [7, 11) is 0. The fourth-order valence-electron chi connectivity index (χ4n) is 2.58. The second-order valence-electron chi connectivity index (χ2n) is 5.27. The Hall–Kier alpha value is -1.49. The smallest absolute Gasteiger partial charge is 0.259 e. The number of halogens is 2. The molecule has 0 bridgehead atoms. The summed E-state index contributed by atoms with van der Waals surface area (Å²) < 4.78 is 26.9. The van der Waals surface area contributed by atoms with Crippen LogP contribution in [0.15, 0.2) is 18.2 Å². The molecule has 1 saturated heterocycles. The Morgan fingerprint density at radius 1 is 1.28 bits per heavy atom. The predicted molar refractivity (Wildman–Crippen MR) is 61.9 cm³/mol. The molecule has 0 radical (unpaired) electrons. The molecule has 18 heavy (non-hydrogen) atoms. The lowest BCUT2D eigenvalue weighted by Crippen LogP contribution is -2.70. The predicted octanol–water partition coefficient (Wildman–Crippen LogP) is 1.53. The average molecular weight is 252 g/mol. The van der Waals surface area contributed by atoms with Crippen molar-refractivity contribution in [3.05, 3.63) is 35.4 Å². The van der Waals surface area contributed by atoms with Gasteiger partial charge in [0.1, 0.15) is 17.2 Å². The largest absolute Gasteiger partial charge is 0.335 e. The average Bonchev–Trinajstić information content (AvgIpc) is 3.08. The third-order valence-corrected chi connectivity index (χ3v) is 3.82. The first-order valence-corrected chi connectivity index (χ1v) is 6.03. The van der Waals surface area contributed by atoms with Crippen LogP contribution >= 0.6 is 0 Å². The molecule has 0 spiro atoms. The van der Waals surface area contributed by atoms with E-state index in [1.54, 1.807) is 0 Å². The molecule has 0 unspecified atom stereocenters. The van der Waals surface area contributed by atoms with Crippen LogP contribution in [0, 0.1) is 17.6 Å². The lowest BCUT2D eigenvalue weighted by molar-refractivity contribution is 0.0341. The molecule has 0 aromatic heterocycles. The van der Waals surface area contributed by atoms with Crippen LogP contribution in [0.25, 0.3) is 0 Å². The molecule has 2 fully saturated rings. The number of rotatable bonds is 2. The zero-order valence-corrected chi connectivity index (χ0v) is 9.83. The molecule has 1 aromatic carbocycles. The number of likely N-dealkylation sites (tertiary alicyclic amines) is 1. The lowest BCUT2D eigenvalue weighted by Gasteiger charge is -2.48. The summed E-state index contributed by atoms with van der Waals surface area (Å²) >= 11 is 0. The molecule has 3 nitrogen and oxygen atoms in total. The van der Waals surface area contributed by atoms with Crippen molar-refractivity contribution in [1.29, 1.82) is 0 Å². The molecule has 1 aliphatic heterocycles. The van der Waals surface area contributed by atoms with E-state index in [-0.39, 0.29) is 5.54 Å². The number of carbonyl (C=O) groups excluding carboxylic acids is 1. The van der Waals surface area contributed by atoms with Gasteiger partial charge in [-0.3, -0.25) is 4.79 Å². The molecule has 2 aliphatic rings. The van der Waals surface area contributed by atoms with Crippen molar-refractivity contribution in [1.82, 2.24) is 4.90 Å². The van der Waals surface area contributed by atoms with Crippen LogP contribution in [-0.4, -0.2) is 29.4 Å². The highest BCUT2D eigenvalue weighted by molar-refractivity contribution is 5.95. The van der Waals surface area contributed by atoms with Gasteiger partial charge in [0.15, 0.2) is 0 Å². The Bertz CT molecular complexity index is 487. The van der Waals surface area contributed by atoms with E-state index in [4.69, 9.17) is 5.73 Å². The number of carbonyl (C=O) groups is 1. The minimum Gasteiger partial charge on any atom is -0.335 e. The van der Waals surface area contributed by atoms with E-state index >= 15 is 0 Å². The molecule has 0 atom stereocenters. The highest BCUT2D eigenvalue weighted by Gasteiger charge is 2.52. The summed E-state index contributed by atoms with van der Waals surface area (Å²) in [5.74, 6) is -1.78. The minimum absolute atomic E-state index is 0.336. The Labute approximate surface area is 104 Å². The van der Waals surface area contributed by atoms with Crippen molar-refractivity contribution in [3.63, 3.8) is 0 Å². The number of nitrogens with zero attached hydrogens (tertiary/aromatic N) is 1. The van der Waals surface area contributed by atoms with Crippen LogP contribution in [-0.2, 0) is 0 Å². The van der Waals surface area contributed by atoms with Crippen LogP contribution in [0.4, 0.5) is 8.78 Å². The fourth-order valence-corrected chi connectivity index (χ4v) is 2.58. The van der Waals surface area contributed by atoms with Gasteiger partial charge in [-0.05, 0) is 30.9 Å². The van der Waals surface area contributed by atoms with E-state index in [9.17, 15) is 13.6 Å². The monoisotopic (exact) mass is 252 g/mol. The molecule has 1 saturated carbocycles. The van der Waals surface area contributed by atoms with Gasteiger partial charge in [0.25, 0.3) is 5.91 Å². The Morgan fingerprint density at radius 3 is 2.33 bits per heavy atom. The third-order valence-electron chi connectivity index (χ3n) is 3.82. The molecule has 2 N–H and O–H groups in total. The van der Waals surface area contributed by atoms with Gasteiger partial charge in [-0.15, -0.1) is 0 Å². The quantitative estimate of drug-likeness (QED) is 0.867. The second kappa shape index (κ2) is 3.75. The maximum Gasteiger partial charge on any atom is 0.259 e. The first-order valence-electron chi connectivity index (χ1n) is 6.03. The van der Waals surface area contributed by atoms with Crippen LogP contribution in [0.2, 0.25) is 0 Å². The highest BCUT2D eigenvalue weighted by Crippen LogP contribution is 2.43. The minimum atomic E-state index is -0.819. The topological polar surface area (TPSA) is 46.3 Å². The van der Waals surface area contributed by atoms with Gasteiger partial charge in [0.05, 0.1) is 5.54 Å². The van der Waals surface area contributed by atoms with E-state index in [1.807, 2.05) is 0 Å². The van der Waals surface area contributed by atoms with Gasteiger partial charge in [-0.1, -0.05) is 6.07 Å². The number of hydrogen-bond donors (Lipinski definition) is 1. The fraction of sp³-hybridized carbons (Fsp3) is 0.462. The summed E-state index contributed by atoms with van der Waals surface area (Å²) in [4.78, 5) is 13.4. The molecule has 1 aromatic rings. The van der Waals surface area contributed by atoms with Gasteiger partial charge in [0.2, 0.25) is 0 Å². The highest BCUT2D eigenvalue weighted by atomic mass is 19.1. The molecule has 1 heterocycles. The van der Waals surface area contributed by atoms with Crippen LogP contribution in [0.5, 0.6) is 0 Å². The van der Waals surface area contributed by atoms with Gasteiger partial charge in [0, 0.05) is 13.1 Å². The Morgan fingerprint density at radius 2 is 1.83 bits per heavy atom. The van der Waals surface area contributed by atoms with Crippen molar-refractivity contribution in [2.45, 2.75) is 18.4 Å². The summed E-state index contributed by atoms with van der Waals surface area (Å²) in [6.07, 6.45) is 2.18. The third kappa shape index (κ3) is 1.70. The Kier molecular flexibility index (Phi) is 2.41. The van der Waals surface area contributed by atoms with E-state index < -0.39 is 23.1 Å². The van der Waals surface area contributed by atoms with E-state index in [1.165, 1.54) is 11.0 Å². The van der Waals surface area contributed by atoms with Crippen molar-refractivity contribution in [2.24, 2.45) is 11.7 Å². The lowest BCUT2D eigenvalue weighted by atomic mass is 9.85. The van der Waals surface area contributed by atoms with Crippen molar-refractivity contribution < 1.29 is 13.6 Å². The molecular weight excluding hydrogens is 238 g/mol. The standard InChI is InChI=1S/C13H14F2N2O/c14-9-2-1-3-10(15)11(9)12(18)17-6-13(16,7-17)8-4-5-8/h1-3,8H,4-7,16H2. The summed E-state index contributed by atoms with van der Waals surface area (Å²) in [6.45, 7) is 0.786. The number of amides is 1. The Balaban J connectivity index is 1.76. The van der Waals surface area contributed by atoms with E-state index in [0.717, 1.165) is 25.0 Å². The number of hydrogen-bond acceptors (Lipinski definition) is 2. The van der Waals surface area contributed by atoms with Crippen LogP contribution in [0.1, 0.15) is 23.2 Å².